The fourth-order valence-electron chi connectivity index (χ4n) is 4.22. The van der Waals surface area contributed by atoms with Gasteiger partial charge in [0.05, 0.1) is 11.2 Å². The zero-order valence-corrected chi connectivity index (χ0v) is 25.3. The number of anilines is 1. The van der Waals surface area contributed by atoms with Gasteiger partial charge in [-0.15, -0.1) is 0 Å². The summed E-state index contributed by atoms with van der Waals surface area (Å²) in [6.07, 6.45) is 15.3. The van der Waals surface area contributed by atoms with Crippen molar-refractivity contribution in [3.8, 4) is 0 Å². The van der Waals surface area contributed by atoms with Crippen molar-refractivity contribution in [1.82, 2.24) is 9.88 Å². The molecule has 7 nitrogen and oxygen atoms in total. The third-order valence-corrected chi connectivity index (χ3v) is 6.09. The van der Waals surface area contributed by atoms with Gasteiger partial charge in [-0.2, -0.15) is 0 Å². The molecule has 218 valence electrons. The summed E-state index contributed by atoms with van der Waals surface area (Å²) in [5.41, 5.74) is 2.07. The van der Waals surface area contributed by atoms with Crippen LogP contribution in [0.2, 0.25) is 0 Å². The molecule has 2 saturated carbocycles. The van der Waals surface area contributed by atoms with E-state index in [-0.39, 0.29) is 29.1 Å². The zero-order valence-electron chi connectivity index (χ0n) is 24.2. The van der Waals surface area contributed by atoms with Crippen LogP contribution in [0.15, 0.2) is 66.9 Å². The first kappa shape index (κ1) is 33.6. The first-order valence-electron chi connectivity index (χ1n) is 13.4. The summed E-state index contributed by atoms with van der Waals surface area (Å²) < 4.78 is 10.7. The molecule has 0 saturated heterocycles. The molecule has 0 aliphatic heterocycles. The van der Waals surface area contributed by atoms with E-state index in [0.29, 0.717) is 30.8 Å². The van der Waals surface area contributed by atoms with Crippen molar-refractivity contribution in [1.29, 1.82) is 0 Å². The maximum atomic E-state index is 12.4. The molecule has 5 rings (SSSR count). The van der Waals surface area contributed by atoms with Gasteiger partial charge in [0.15, 0.2) is 0 Å². The van der Waals surface area contributed by atoms with Crippen LogP contribution in [0.5, 0.6) is 0 Å². The number of para-hydroxylation sites is 1. The molecule has 0 spiro atoms. The number of aromatic nitrogens is 1. The van der Waals surface area contributed by atoms with Gasteiger partial charge in [0, 0.05) is 61.2 Å². The molecule has 0 unspecified atom stereocenters. The Morgan fingerprint density at radius 1 is 0.857 bits per heavy atom. The number of hydrogen-bond donors (Lipinski definition) is 1. The summed E-state index contributed by atoms with van der Waals surface area (Å²) in [6.45, 7) is 6.74. The molecular weight excluding hydrogens is 570 g/mol. The van der Waals surface area contributed by atoms with E-state index in [2.05, 4.69) is 10.3 Å². The number of pyridine rings is 1. The number of hydrogen-bond acceptors (Lipinski definition) is 5. The number of rotatable bonds is 7. The Labute approximate surface area is 261 Å². The number of carbonyl (C=O) groups excluding carboxylic acids is 2. The number of carbonyl (C=O) groups is 2. The van der Waals surface area contributed by atoms with Gasteiger partial charge in [0.2, 0.25) is 5.91 Å². The molecule has 0 atom stereocenters. The number of nitrogens with zero attached hydrogens (tertiary/aromatic N) is 2. The Morgan fingerprint density at radius 3 is 2.26 bits per heavy atom. The minimum atomic E-state index is -0.488. The Kier molecular flexibility index (Phi) is 12.8. The van der Waals surface area contributed by atoms with Crippen LogP contribution in [0.1, 0.15) is 26.3 Å². The van der Waals surface area contributed by atoms with E-state index < -0.39 is 5.60 Å². The van der Waals surface area contributed by atoms with Crippen LogP contribution >= 0.6 is 0 Å². The van der Waals surface area contributed by atoms with E-state index in [9.17, 15) is 9.59 Å². The largest absolute Gasteiger partial charge is 0.444 e. The number of amides is 2. The summed E-state index contributed by atoms with van der Waals surface area (Å²) in [5, 5.41) is 3.87. The van der Waals surface area contributed by atoms with E-state index in [1.54, 1.807) is 37.5 Å². The molecule has 2 aromatic carbocycles. The normalized spacial score (nSPS) is 15.9. The molecule has 2 aliphatic carbocycles. The first-order valence-corrected chi connectivity index (χ1v) is 13.4. The maximum absolute atomic E-state index is 12.4. The van der Waals surface area contributed by atoms with Gasteiger partial charge >= 0.3 is 6.09 Å². The van der Waals surface area contributed by atoms with E-state index in [1.807, 2.05) is 107 Å². The molecule has 1 heterocycles. The first-order chi connectivity index (χ1) is 19.7. The molecule has 0 bridgehead atoms. The van der Waals surface area contributed by atoms with E-state index in [1.165, 1.54) is 0 Å². The predicted octanol–water partition coefficient (Wildman–Crippen LogP) is 6.38. The summed E-state index contributed by atoms with van der Waals surface area (Å²) in [7, 11) is 1.55. The Morgan fingerprint density at radius 2 is 1.57 bits per heavy atom. The van der Waals surface area contributed by atoms with E-state index in [4.69, 9.17) is 9.47 Å². The standard InChI is InChI=1S/C18H22NO2.C16H13N2O2.Fe/c1-18(2,3)21-17(20)19(14-16-11-7-8-12-16)13-15-9-5-4-6-10-15;1-20-14-9-3-7-12(14)16(19)18-13-8-2-5-11-6-4-10-17-15(11)13;/h4-12H,13-14H2,1-3H3;2-10H,1H3,(H,18,19);. The van der Waals surface area contributed by atoms with Crippen molar-refractivity contribution in [3.63, 3.8) is 0 Å². The van der Waals surface area contributed by atoms with Crippen molar-refractivity contribution in [2.75, 3.05) is 19.0 Å². The second-order valence-corrected chi connectivity index (χ2v) is 10.5. The van der Waals surface area contributed by atoms with Gasteiger partial charge in [0.1, 0.15) is 17.6 Å². The monoisotopic (exact) mass is 605 g/mol. The molecule has 10 radical (unpaired) electrons. The minimum Gasteiger partial charge on any atom is -0.444 e. The Hall–Kier alpha value is -2.93. The van der Waals surface area contributed by atoms with Crippen molar-refractivity contribution >= 4 is 28.6 Å². The van der Waals surface area contributed by atoms with Crippen LogP contribution in [0, 0.1) is 62.9 Å². The van der Waals surface area contributed by atoms with Crippen molar-refractivity contribution < 1.29 is 36.1 Å². The quantitative estimate of drug-likeness (QED) is 0.317. The van der Waals surface area contributed by atoms with Crippen molar-refractivity contribution in [3.05, 3.63) is 135 Å². The average Bonchev–Trinajstić information content (AvgIpc) is 3.65. The van der Waals surface area contributed by atoms with E-state index >= 15 is 0 Å². The average molecular weight is 606 g/mol. The topological polar surface area (TPSA) is 80.8 Å². The molecule has 8 heteroatoms. The fourth-order valence-corrected chi connectivity index (χ4v) is 4.22. The minimum absolute atomic E-state index is 0. The van der Waals surface area contributed by atoms with Gasteiger partial charge in [-0.25, -0.2) is 4.79 Å². The molecular formula is C34H35FeN3O4. The van der Waals surface area contributed by atoms with Crippen LogP contribution in [-0.2, 0) is 37.9 Å². The molecule has 1 N–H and O–H groups in total. The van der Waals surface area contributed by atoms with E-state index in [0.717, 1.165) is 22.4 Å². The summed E-state index contributed by atoms with van der Waals surface area (Å²) in [4.78, 5) is 30.7. The van der Waals surface area contributed by atoms with Gasteiger partial charge in [-0.1, -0.05) is 48.5 Å². The SMILES string of the molecule is CC(C)(C)OC(=O)N(C[C]1[CH][CH][CH][CH]1)Cc1ccccc1.CO[C]1[CH][CH][CH][C]1C(=O)Nc1cccc2cccnc12.[Fe]. The Bertz CT molecular complexity index is 1270. The van der Waals surface area contributed by atoms with Gasteiger partial charge in [0.25, 0.3) is 0 Å². The number of methoxy groups -OCH3 is 1. The molecule has 2 amide bonds. The van der Waals surface area contributed by atoms with Crippen molar-refractivity contribution in [2.45, 2.75) is 32.9 Å². The molecule has 42 heavy (non-hydrogen) atoms. The maximum Gasteiger partial charge on any atom is 0.410 e. The molecule has 3 aromatic rings. The summed E-state index contributed by atoms with van der Waals surface area (Å²) >= 11 is 0. The second kappa shape index (κ2) is 16.1. The summed E-state index contributed by atoms with van der Waals surface area (Å²) in [5.74, 6) is 1.42. The number of ether oxygens (including phenoxy) is 2. The van der Waals surface area contributed by atoms with Crippen LogP contribution < -0.4 is 5.32 Å². The van der Waals surface area contributed by atoms with Crippen LogP contribution in [0.25, 0.3) is 10.9 Å². The van der Waals surface area contributed by atoms with Gasteiger partial charge in [-0.05, 0) is 77.0 Å². The number of fused-ring (bicyclic) bond motifs is 1. The van der Waals surface area contributed by atoms with Gasteiger partial charge < -0.3 is 19.7 Å². The third kappa shape index (κ3) is 9.82. The van der Waals surface area contributed by atoms with Crippen molar-refractivity contribution in [2.24, 2.45) is 0 Å². The molecule has 2 aliphatic rings. The Balaban J connectivity index is 0.000000225. The predicted molar refractivity (Wildman–Crippen MR) is 160 cm³/mol. The third-order valence-electron chi connectivity index (χ3n) is 6.09. The second-order valence-electron chi connectivity index (χ2n) is 10.5. The molecule has 2 fully saturated rings. The number of nitrogens with one attached hydrogen (secondary N) is 1. The smallest absolute Gasteiger partial charge is 0.410 e. The number of benzene rings is 2. The van der Waals surface area contributed by atoms with Crippen LogP contribution in [0.4, 0.5) is 10.5 Å². The fraction of sp³-hybridized carbons (Fsp3) is 0.206. The zero-order chi connectivity index (χ0) is 29.2. The molecule has 1 aromatic heterocycles. The van der Waals surface area contributed by atoms with Crippen LogP contribution in [0.3, 0.4) is 0 Å². The van der Waals surface area contributed by atoms with Gasteiger partial charge in [-0.3, -0.25) is 9.78 Å². The summed E-state index contributed by atoms with van der Waals surface area (Å²) in [6, 6.07) is 19.5. The van der Waals surface area contributed by atoms with Crippen LogP contribution in [-0.4, -0.2) is 41.1 Å².